The lowest BCUT2D eigenvalue weighted by Gasteiger charge is -2.10. The van der Waals surface area contributed by atoms with Gasteiger partial charge in [0.1, 0.15) is 0 Å². The van der Waals surface area contributed by atoms with E-state index in [0.29, 0.717) is 5.92 Å². The molecule has 2 unspecified atom stereocenters. The molecular formula is C6H10N2. The lowest BCUT2D eigenvalue weighted by atomic mass is 10.0. The summed E-state index contributed by atoms with van der Waals surface area (Å²) in [5, 5.41) is 7.39. The number of fused-ring (bicyclic) bond motifs is 2. The zero-order valence-electron chi connectivity index (χ0n) is 4.85. The highest BCUT2D eigenvalue weighted by atomic mass is 15.2. The largest absolute Gasteiger partial charge is 0.308 e. The van der Waals surface area contributed by atoms with Crippen molar-refractivity contribution in [2.24, 2.45) is 5.92 Å². The van der Waals surface area contributed by atoms with Gasteiger partial charge < -0.3 is 5.41 Å². The minimum atomic E-state index is 0.648. The smallest absolute Gasteiger partial charge is 0.0364 e. The van der Waals surface area contributed by atoms with Crippen molar-refractivity contribution in [3.05, 3.63) is 0 Å². The van der Waals surface area contributed by atoms with Gasteiger partial charge in [-0.25, -0.2) is 0 Å². The maximum Gasteiger partial charge on any atom is 0.0364 e. The van der Waals surface area contributed by atoms with E-state index in [1.54, 1.807) is 0 Å². The Morgan fingerprint density at radius 3 is 2.75 bits per heavy atom. The fourth-order valence-corrected chi connectivity index (χ4v) is 1.63. The third kappa shape index (κ3) is 0.436. The van der Waals surface area contributed by atoms with Gasteiger partial charge in [0, 0.05) is 24.7 Å². The second-order valence-electron chi connectivity index (χ2n) is 2.75. The lowest BCUT2D eigenvalue weighted by Crippen LogP contribution is -2.22. The molecule has 2 heteroatoms. The van der Waals surface area contributed by atoms with Gasteiger partial charge in [-0.3, -0.25) is 4.90 Å². The van der Waals surface area contributed by atoms with Gasteiger partial charge in [0.2, 0.25) is 0 Å². The van der Waals surface area contributed by atoms with Gasteiger partial charge in [-0.05, 0) is 13.0 Å². The highest BCUT2D eigenvalue weighted by Crippen LogP contribution is 2.23. The van der Waals surface area contributed by atoms with Gasteiger partial charge in [-0.15, -0.1) is 0 Å². The normalized spacial score (nSPS) is 43.8. The third-order valence-corrected chi connectivity index (χ3v) is 2.16. The Kier molecular flexibility index (Phi) is 0.742. The van der Waals surface area contributed by atoms with E-state index in [9.17, 15) is 0 Å². The molecule has 1 N–H and O–H groups in total. The predicted octanol–water partition coefficient (Wildman–Crippen LogP) is 0.342. The quantitative estimate of drug-likeness (QED) is 0.478. The Bertz CT molecular complexity index is 130. The summed E-state index contributed by atoms with van der Waals surface area (Å²) in [4.78, 5) is 2.35. The van der Waals surface area contributed by atoms with Crippen molar-refractivity contribution in [1.29, 1.82) is 5.41 Å². The van der Waals surface area contributed by atoms with Crippen LogP contribution in [-0.4, -0.2) is 30.2 Å². The summed E-state index contributed by atoms with van der Waals surface area (Å²) in [7, 11) is 0. The van der Waals surface area contributed by atoms with Crippen LogP contribution in [0.3, 0.4) is 0 Å². The average molecular weight is 110 g/mol. The summed E-state index contributed by atoms with van der Waals surface area (Å²) in [6.45, 7) is 3.39. The average Bonchev–Trinajstić information content (AvgIpc) is 2.23. The highest BCUT2D eigenvalue weighted by Gasteiger charge is 2.33. The predicted molar refractivity (Wildman–Crippen MR) is 32.3 cm³/mol. The standard InChI is InChI=1S/C6H10N2/c7-6-4-8-2-1-5(6)3-8/h5,7H,1-4H2. The number of nitrogens with zero attached hydrogens (tertiary/aromatic N) is 1. The molecule has 0 radical (unpaired) electrons. The van der Waals surface area contributed by atoms with E-state index < -0.39 is 0 Å². The number of piperidine rings is 1. The molecular weight excluding hydrogens is 100 g/mol. The van der Waals surface area contributed by atoms with E-state index in [1.165, 1.54) is 19.5 Å². The number of rotatable bonds is 0. The summed E-state index contributed by atoms with van der Waals surface area (Å²) >= 11 is 0. The zero-order valence-corrected chi connectivity index (χ0v) is 4.85. The van der Waals surface area contributed by atoms with Gasteiger partial charge in [-0.2, -0.15) is 0 Å². The van der Waals surface area contributed by atoms with Crippen molar-refractivity contribution >= 4 is 5.71 Å². The van der Waals surface area contributed by atoms with Gasteiger partial charge in [-0.1, -0.05) is 0 Å². The Labute approximate surface area is 49.0 Å². The van der Waals surface area contributed by atoms with Crippen molar-refractivity contribution < 1.29 is 0 Å². The van der Waals surface area contributed by atoms with Crippen LogP contribution in [0.2, 0.25) is 0 Å². The molecule has 0 amide bonds. The van der Waals surface area contributed by atoms with E-state index in [4.69, 9.17) is 5.41 Å². The van der Waals surface area contributed by atoms with E-state index in [-0.39, 0.29) is 0 Å². The summed E-state index contributed by atoms with van der Waals surface area (Å²) in [6, 6.07) is 0. The minimum Gasteiger partial charge on any atom is -0.308 e. The molecule has 2 nitrogen and oxygen atoms in total. The molecule has 0 aliphatic carbocycles. The van der Waals surface area contributed by atoms with E-state index in [0.717, 1.165) is 12.3 Å². The third-order valence-electron chi connectivity index (χ3n) is 2.16. The Balaban J connectivity index is 2.22. The molecule has 0 aromatic rings. The molecule has 8 heavy (non-hydrogen) atoms. The van der Waals surface area contributed by atoms with Crippen molar-refractivity contribution in [3.63, 3.8) is 0 Å². The lowest BCUT2D eigenvalue weighted by molar-refractivity contribution is 0.403. The summed E-state index contributed by atoms with van der Waals surface area (Å²) in [5.41, 5.74) is 0.969. The fraction of sp³-hybridized carbons (Fsp3) is 0.833. The first kappa shape index (κ1) is 4.50. The first-order valence-corrected chi connectivity index (χ1v) is 3.16. The maximum absolute atomic E-state index is 7.39. The SMILES string of the molecule is N=C1CN2CCC1C2. The van der Waals surface area contributed by atoms with Gasteiger partial charge in [0.25, 0.3) is 0 Å². The molecule has 2 rings (SSSR count). The van der Waals surface area contributed by atoms with Crippen LogP contribution in [0.25, 0.3) is 0 Å². The van der Waals surface area contributed by atoms with Crippen LogP contribution in [-0.2, 0) is 0 Å². The first-order valence-electron chi connectivity index (χ1n) is 3.16. The highest BCUT2D eigenvalue weighted by molar-refractivity contribution is 5.88. The van der Waals surface area contributed by atoms with Gasteiger partial charge in [0.05, 0.1) is 0 Å². The van der Waals surface area contributed by atoms with Crippen molar-refractivity contribution in [1.82, 2.24) is 4.90 Å². The molecule has 0 saturated carbocycles. The second-order valence-corrected chi connectivity index (χ2v) is 2.75. The monoisotopic (exact) mass is 110 g/mol. The number of nitrogens with one attached hydrogen (secondary N) is 1. The van der Waals surface area contributed by atoms with Crippen LogP contribution in [0.4, 0.5) is 0 Å². The molecule has 2 saturated heterocycles. The molecule has 2 heterocycles. The van der Waals surface area contributed by atoms with Gasteiger partial charge >= 0.3 is 0 Å². The van der Waals surface area contributed by atoms with E-state index in [2.05, 4.69) is 4.90 Å². The van der Waals surface area contributed by atoms with Crippen molar-refractivity contribution in [3.8, 4) is 0 Å². The Morgan fingerprint density at radius 2 is 2.50 bits per heavy atom. The molecule has 2 atom stereocenters. The number of hydrogen-bond donors (Lipinski definition) is 1. The molecule has 0 aromatic heterocycles. The van der Waals surface area contributed by atoms with Crippen molar-refractivity contribution in [2.45, 2.75) is 6.42 Å². The van der Waals surface area contributed by atoms with Crippen molar-refractivity contribution in [2.75, 3.05) is 19.6 Å². The topological polar surface area (TPSA) is 27.1 Å². The first-order chi connectivity index (χ1) is 3.86. The van der Waals surface area contributed by atoms with E-state index in [1.807, 2.05) is 0 Å². The molecule has 2 aliphatic heterocycles. The van der Waals surface area contributed by atoms with Crippen LogP contribution in [0.5, 0.6) is 0 Å². The summed E-state index contributed by atoms with van der Waals surface area (Å²) < 4.78 is 0. The molecule has 0 spiro atoms. The van der Waals surface area contributed by atoms with E-state index >= 15 is 0 Å². The molecule has 0 aromatic carbocycles. The van der Waals surface area contributed by atoms with Crippen LogP contribution in [0, 0.1) is 11.3 Å². The zero-order chi connectivity index (χ0) is 5.56. The summed E-state index contributed by atoms with van der Waals surface area (Å²) in [6.07, 6.45) is 1.25. The molecule has 44 valence electrons. The van der Waals surface area contributed by atoms with Gasteiger partial charge in [0.15, 0.2) is 0 Å². The van der Waals surface area contributed by atoms with Crippen LogP contribution < -0.4 is 0 Å². The summed E-state index contributed by atoms with van der Waals surface area (Å²) in [5.74, 6) is 0.648. The maximum atomic E-state index is 7.39. The van der Waals surface area contributed by atoms with Crippen LogP contribution in [0.1, 0.15) is 6.42 Å². The Morgan fingerprint density at radius 1 is 1.62 bits per heavy atom. The number of hydrogen-bond acceptors (Lipinski definition) is 2. The van der Waals surface area contributed by atoms with Crippen LogP contribution in [0.15, 0.2) is 0 Å². The molecule has 2 aliphatic rings. The molecule has 2 fully saturated rings. The molecule has 2 bridgehead atoms. The Hall–Kier alpha value is -0.370. The van der Waals surface area contributed by atoms with Crippen LogP contribution >= 0.6 is 0 Å². The second kappa shape index (κ2) is 1.32. The fourth-order valence-electron chi connectivity index (χ4n) is 1.63. The minimum absolute atomic E-state index is 0.648.